The van der Waals surface area contributed by atoms with Crippen LogP contribution >= 0.6 is 0 Å². The molecule has 1 amide bonds. The normalized spacial score (nSPS) is 20.7. The van der Waals surface area contributed by atoms with Crippen LogP contribution in [0.1, 0.15) is 18.1 Å². The van der Waals surface area contributed by atoms with E-state index in [2.05, 4.69) is 10.6 Å². The largest absolute Gasteiger partial charge is 0.386 e. The van der Waals surface area contributed by atoms with E-state index in [0.29, 0.717) is 6.54 Å². The monoisotopic (exact) mass is 252 g/mol. The van der Waals surface area contributed by atoms with Crippen LogP contribution in [0.4, 0.5) is 4.39 Å². The molecule has 1 saturated heterocycles. The lowest BCUT2D eigenvalue weighted by molar-refractivity contribution is -0.124. The molecule has 2 atom stereocenters. The minimum absolute atomic E-state index is 0.0380. The predicted molar refractivity (Wildman–Crippen MR) is 65.3 cm³/mol. The number of rotatable bonds is 4. The highest BCUT2D eigenvalue weighted by molar-refractivity contribution is 5.79. The second kappa shape index (κ2) is 5.93. The zero-order chi connectivity index (χ0) is 13.0. The molecule has 4 nitrogen and oxygen atoms in total. The van der Waals surface area contributed by atoms with Crippen LogP contribution in [0.2, 0.25) is 0 Å². The molecule has 2 rings (SSSR count). The molecule has 1 aromatic rings. The lowest BCUT2D eigenvalue weighted by Crippen LogP contribution is -2.34. The van der Waals surface area contributed by atoms with E-state index in [1.165, 1.54) is 12.1 Å². The van der Waals surface area contributed by atoms with Crippen molar-refractivity contribution in [2.75, 3.05) is 19.6 Å². The highest BCUT2D eigenvalue weighted by Crippen LogP contribution is 2.16. The Kier molecular flexibility index (Phi) is 4.28. The van der Waals surface area contributed by atoms with Crippen molar-refractivity contribution >= 4 is 5.91 Å². The van der Waals surface area contributed by atoms with E-state index in [4.69, 9.17) is 0 Å². The molecule has 1 aromatic carbocycles. The van der Waals surface area contributed by atoms with E-state index in [0.717, 1.165) is 13.0 Å². The molecule has 98 valence electrons. The predicted octanol–water partition coefficient (Wildman–Crippen LogP) is 0.585. The van der Waals surface area contributed by atoms with Gasteiger partial charge in [0.2, 0.25) is 5.91 Å². The average Bonchev–Trinajstić information content (AvgIpc) is 2.90. The lowest BCUT2D eigenvalue weighted by atomic mass is 10.1. The maximum absolute atomic E-state index is 13.4. The Balaban J connectivity index is 1.86. The van der Waals surface area contributed by atoms with Crippen molar-refractivity contribution in [3.63, 3.8) is 0 Å². The van der Waals surface area contributed by atoms with Gasteiger partial charge >= 0.3 is 0 Å². The van der Waals surface area contributed by atoms with Gasteiger partial charge < -0.3 is 15.7 Å². The summed E-state index contributed by atoms with van der Waals surface area (Å²) in [5.74, 6) is -0.588. The standard InChI is InChI=1S/C13H17FN2O2/c14-11-4-2-1-3-10(11)12(17)8-16-13(18)9-5-6-15-7-9/h1-4,9,12,15,17H,5-8H2,(H,16,18)/t9-,12+/m1/s1. The van der Waals surface area contributed by atoms with E-state index in [-0.39, 0.29) is 23.9 Å². The summed E-state index contributed by atoms with van der Waals surface area (Å²) in [4.78, 5) is 11.7. The third-order valence-corrected chi connectivity index (χ3v) is 3.16. The van der Waals surface area contributed by atoms with Crippen LogP contribution < -0.4 is 10.6 Å². The summed E-state index contributed by atoms with van der Waals surface area (Å²) in [6, 6.07) is 6.03. The third-order valence-electron chi connectivity index (χ3n) is 3.16. The van der Waals surface area contributed by atoms with Gasteiger partial charge in [-0.2, -0.15) is 0 Å². The number of amides is 1. The SMILES string of the molecule is O=C(NC[C@H](O)c1ccccc1F)[C@@H]1CCNC1. The first kappa shape index (κ1) is 13.0. The fraction of sp³-hybridized carbons (Fsp3) is 0.462. The number of halogens is 1. The van der Waals surface area contributed by atoms with Gasteiger partial charge in [0, 0.05) is 18.7 Å². The average molecular weight is 252 g/mol. The van der Waals surface area contributed by atoms with Crippen LogP contribution in [-0.2, 0) is 4.79 Å². The Morgan fingerprint density at radius 1 is 1.56 bits per heavy atom. The molecule has 0 aliphatic carbocycles. The third kappa shape index (κ3) is 3.05. The highest BCUT2D eigenvalue weighted by Gasteiger charge is 2.23. The van der Waals surface area contributed by atoms with Crippen LogP contribution in [0.3, 0.4) is 0 Å². The summed E-state index contributed by atoms with van der Waals surface area (Å²) in [5.41, 5.74) is 0.211. The van der Waals surface area contributed by atoms with Crippen molar-refractivity contribution in [3.8, 4) is 0 Å². The van der Waals surface area contributed by atoms with Crippen LogP contribution in [-0.4, -0.2) is 30.6 Å². The molecular formula is C13H17FN2O2. The van der Waals surface area contributed by atoms with Crippen molar-refractivity contribution in [3.05, 3.63) is 35.6 Å². The second-order valence-electron chi connectivity index (χ2n) is 4.47. The van der Waals surface area contributed by atoms with Crippen molar-refractivity contribution in [1.29, 1.82) is 0 Å². The lowest BCUT2D eigenvalue weighted by Gasteiger charge is -2.15. The summed E-state index contributed by atoms with van der Waals surface area (Å²) in [7, 11) is 0. The van der Waals surface area contributed by atoms with E-state index in [1.54, 1.807) is 12.1 Å². The van der Waals surface area contributed by atoms with E-state index in [1.807, 2.05) is 0 Å². The Morgan fingerprint density at radius 2 is 2.33 bits per heavy atom. The summed E-state index contributed by atoms with van der Waals surface area (Å²) in [6.07, 6.45) is -0.203. The maximum Gasteiger partial charge on any atom is 0.224 e. The van der Waals surface area contributed by atoms with Crippen molar-refractivity contribution in [2.45, 2.75) is 12.5 Å². The summed E-state index contributed by atoms with van der Waals surface area (Å²) in [6.45, 7) is 1.55. The molecule has 18 heavy (non-hydrogen) atoms. The van der Waals surface area contributed by atoms with Gasteiger partial charge in [-0.05, 0) is 19.0 Å². The zero-order valence-corrected chi connectivity index (χ0v) is 10.0. The summed E-state index contributed by atoms with van der Waals surface area (Å²) in [5, 5.41) is 15.6. The van der Waals surface area contributed by atoms with E-state index in [9.17, 15) is 14.3 Å². The molecule has 0 unspecified atom stereocenters. The van der Waals surface area contributed by atoms with Gasteiger partial charge in [0.15, 0.2) is 0 Å². The van der Waals surface area contributed by atoms with Crippen molar-refractivity contribution in [1.82, 2.24) is 10.6 Å². The molecule has 1 fully saturated rings. The molecule has 0 saturated carbocycles. The number of benzene rings is 1. The van der Waals surface area contributed by atoms with Gasteiger partial charge in [0.1, 0.15) is 5.82 Å². The molecule has 5 heteroatoms. The fourth-order valence-corrected chi connectivity index (χ4v) is 2.08. The quantitative estimate of drug-likeness (QED) is 0.735. The van der Waals surface area contributed by atoms with Crippen LogP contribution in [0.25, 0.3) is 0 Å². The molecule has 1 aliphatic heterocycles. The number of aliphatic hydroxyl groups excluding tert-OH is 1. The van der Waals surface area contributed by atoms with E-state index >= 15 is 0 Å². The van der Waals surface area contributed by atoms with Crippen LogP contribution in [0.15, 0.2) is 24.3 Å². The topological polar surface area (TPSA) is 61.4 Å². The molecule has 0 aromatic heterocycles. The molecule has 0 spiro atoms. The summed E-state index contributed by atoms with van der Waals surface area (Å²) < 4.78 is 13.4. The first-order chi connectivity index (χ1) is 8.68. The van der Waals surface area contributed by atoms with Crippen LogP contribution in [0, 0.1) is 11.7 Å². The van der Waals surface area contributed by atoms with E-state index < -0.39 is 11.9 Å². The Bertz CT molecular complexity index is 419. The molecule has 1 aliphatic rings. The molecule has 1 heterocycles. The smallest absolute Gasteiger partial charge is 0.224 e. The summed E-state index contributed by atoms with van der Waals surface area (Å²) >= 11 is 0. The van der Waals surface area contributed by atoms with Gasteiger partial charge in [-0.3, -0.25) is 4.79 Å². The first-order valence-electron chi connectivity index (χ1n) is 6.09. The highest BCUT2D eigenvalue weighted by atomic mass is 19.1. The van der Waals surface area contributed by atoms with Gasteiger partial charge in [-0.1, -0.05) is 18.2 Å². The number of nitrogens with one attached hydrogen (secondary N) is 2. The number of carbonyl (C=O) groups is 1. The molecular weight excluding hydrogens is 235 g/mol. The van der Waals surface area contributed by atoms with Gasteiger partial charge in [0.05, 0.1) is 12.0 Å². The molecule has 0 radical (unpaired) electrons. The second-order valence-corrected chi connectivity index (χ2v) is 4.47. The minimum atomic E-state index is -1.01. The van der Waals surface area contributed by atoms with Crippen molar-refractivity contribution < 1.29 is 14.3 Å². The van der Waals surface area contributed by atoms with Crippen LogP contribution in [0.5, 0.6) is 0 Å². The van der Waals surface area contributed by atoms with Gasteiger partial charge in [-0.25, -0.2) is 4.39 Å². The fourth-order valence-electron chi connectivity index (χ4n) is 2.08. The number of hydrogen-bond donors (Lipinski definition) is 3. The number of hydrogen-bond acceptors (Lipinski definition) is 3. The van der Waals surface area contributed by atoms with Gasteiger partial charge in [0.25, 0.3) is 0 Å². The Morgan fingerprint density at radius 3 is 3.00 bits per heavy atom. The maximum atomic E-state index is 13.4. The molecule has 0 bridgehead atoms. The first-order valence-corrected chi connectivity index (χ1v) is 6.09. The number of carbonyl (C=O) groups excluding carboxylic acids is 1. The Hall–Kier alpha value is -1.46. The molecule has 3 N–H and O–H groups in total. The Labute approximate surface area is 105 Å². The van der Waals surface area contributed by atoms with Gasteiger partial charge in [-0.15, -0.1) is 0 Å². The number of aliphatic hydroxyl groups is 1. The van der Waals surface area contributed by atoms with Crippen molar-refractivity contribution in [2.24, 2.45) is 5.92 Å². The minimum Gasteiger partial charge on any atom is -0.386 e. The zero-order valence-electron chi connectivity index (χ0n) is 10.0.